The van der Waals surface area contributed by atoms with Gasteiger partial charge in [-0.15, -0.1) is 0 Å². The first-order chi connectivity index (χ1) is 9.21. The van der Waals surface area contributed by atoms with Gasteiger partial charge in [0, 0.05) is 6.54 Å². The molecule has 0 heterocycles. The number of para-hydroxylation sites is 1. The topological polar surface area (TPSA) is 69.6 Å². The number of amides is 2. The number of carboxylic acid groups (broad SMARTS) is 1. The highest BCUT2D eigenvalue weighted by molar-refractivity contribution is 5.93. The van der Waals surface area contributed by atoms with Crippen LogP contribution >= 0.6 is 0 Å². The lowest BCUT2D eigenvalue weighted by Crippen LogP contribution is -2.54. The third-order valence-electron chi connectivity index (χ3n) is 2.95. The predicted molar refractivity (Wildman–Crippen MR) is 69.5 cm³/mol. The second-order valence-electron chi connectivity index (χ2n) is 4.64. The number of hydrogen-bond donors (Lipinski definition) is 2. The molecule has 0 spiro atoms. The molecule has 0 saturated heterocycles. The molecule has 0 saturated carbocycles. The standard InChI is InChI=1S/C13H16F2N2O3/c1-4-17(13(2,3)11(18)19)12(20)16-10-8(14)6-5-7-9(10)15/h5-7H,4H2,1-3H3,(H,16,20)(H,18,19). The summed E-state index contributed by atoms with van der Waals surface area (Å²) in [6.07, 6.45) is 0. The van der Waals surface area contributed by atoms with Crippen molar-refractivity contribution in [2.45, 2.75) is 26.3 Å². The molecule has 0 aliphatic heterocycles. The highest BCUT2D eigenvalue weighted by atomic mass is 19.1. The van der Waals surface area contributed by atoms with Gasteiger partial charge in [0.1, 0.15) is 22.9 Å². The van der Waals surface area contributed by atoms with Gasteiger partial charge in [-0.2, -0.15) is 0 Å². The van der Waals surface area contributed by atoms with E-state index in [-0.39, 0.29) is 6.54 Å². The minimum atomic E-state index is -1.50. The average Bonchev–Trinajstić information content (AvgIpc) is 2.34. The fourth-order valence-corrected chi connectivity index (χ4v) is 1.70. The van der Waals surface area contributed by atoms with Crippen LogP contribution in [0.1, 0.15) is 20.8 Å². The Bertz CT molecular complexity index is 512. The SMILES string of the molecule is CCN(C(=O)Nc1c(F)cccc1F)C(C)(C)C(=O)O. The largest absolute Gasteiger partial charge is 0.480 e. The lowest BCUT2D eigenvalue weighted by atomic mass is 10.0. The fourth-order valence-electron chi connectivity index (χ4n) is 1.70. The first-order valence-corrected chi connectivity index (χ1v) is 5.97. The van der Waals surface area contributed by atoms with Crippen molar-refractivity contribution in [2.24, 2.45) is 0 Å². The van der Waals surface area contributed by atoms with Gasteiger partial charge in [-0.3, -0.25) is 0 Å². The van der Waals surface area contributed by atoms with E-state index in [4.69, 9.17) is 5.11 Å². The van der Waals surface area contributed by atoms with Gasteiger partial charge in [0.2, 0.25) is 0 Å². The molecule has 0 unspecified atom stereocenters. The molecule has 0 atom stereocenters. The number of anilines is 1. The number of urea groups is 1. The second-order valence-corrected chi connectivity index (χ2v) is 4.64. The summed E-state index contributed by atoms with van der Waals surface area (Å²) >= 11 is 0. The van der Waals surface area contributed by atoms with E-state index in [9.17, 15) is 18.4 Å². The van der Waals surface area contributed by atoms with E-state index in [2.05, 4.69) is 5.32 Å². The molecule has 1 rings (SSSR count). The summed E-state index contributed by atoms with van der Waals surface area (Å²) in [5.41, 5.74) is -2.10. The quantitative estimate of drug-likeness (QED) is 0.894. The van der Waals surface area contributed by atoms with Crippen LogP contribution in [0.3, 0.4) is 0 Å². The molecule has 1 aromatic carbocycles. The summed E-state index contributed by atoms with van der Waals surface area (Å²) in [6, 6.07) is 2.28. The molecule has 0 bridgehead atoms. The molecule has 5 nitrogen and oxygen atoms in total. The van der Waals surface area contributed by atoms with E-state index in [1.807, 2.05) is 0 Å². The molecule has 0 aromatic heterocycles. The predicted octanol–water partition coefficient (Wildman–Crippen LogP) is 2.68. The minimum Gasteiger partial charge on any atom is -0.480 e. The Labute approximate surface area is 115 Å². The van der Waals surface area contributed by atoms with Gasteiger partial charge in [-0.1, -0.05) is 6.07 Å². The number of carbonyl (C=O) groups excluding carboxylic acids is 1. The van der Waals surface area contributed by atoms with Gasteiger partial charge in [-0.25, -0.2) is 18.4 Å². The van der Waals surface area contributed by atoms with Gasteiger partial charge in [0.25, 0.3) is 0 Å². The maximum atomic E-state index is 13.4. The lowest BCUT2D eigenvalue weighted by Gasteiger charge is -2.34. The van der Waals surface area contributed by atoms with Gasteiger partial charge in [0.15, 0.2) is 0 Å². The Balaban J connectivity index is 3.03. The van der Waals surface area contributed by atoms with Gasteiger partial charge >= 0.3 is 12.0 Å². The highest BCUT2D eigenvalue weighted by Crippen LogP contribution is 2.21. The fraction of sp³-hybridized carbons (Fsp3) is 0.385. The summed E-state index contributed by atoms with van der Waals surface area (Å²) in [4.78, 5) is 24.1. The van der Waals surface area contributed by atoms with E-state index < -0.39 is 34.9 Å². The lowest BCUT2D eigenvalue weighted by molar-refractivity contribution is -0.147. The van der Waals surface area contributed by atoms with Gasteiger partial charge in [0.05, 0.1) is 0 Å². The molecule has 7 heteroatoms. The molecule has 110 valence electrons. The third kappa shape index (κ3) is 3.04. The Morgan fingerprint density at radius 1 is 1.30 bits per heavy atom. The second kappa shape index (κ2) is 5.85. The summed E-state index contributed by atoms with van der Waals surface area (Å²) in [5, 5.41) is 11.2. The maximum Gasteiger partial charge on any atom is 0.329 e. The summed E-state index contributed by atoms with van der Waals surface area (Å²) in [6.45, 7) is 4.30. The van der Waals surface area contributed by atoms with Crippen LogP contribution in [0.4, 0.5) is 19.3 Å². The number of nitrogens with zero attached hydrogens (tertiary/aromatic N) is 1. The number of carboxylic acids is 1. The monoisotopic (exact) mass is 286 g/mol. The number of halogens is 2. The van der Waals surface area contributed by atoms with E-state index in [1.165, 1.54) is 19.9 Å². The third-order valence-corrected chi connectivity index (χ3v) is 2.95. The molecular formula is C13H16F2N2O3. The van der Waals surface area contributed by atoms with Crippen LogP contribution in [0.2, 0.25) is 0 Å². The average molecular weight is 286 g/mol. The van der Waals surface area contributed by atoms with Crippen molar-refractivity contribution in [3.63, 3.8) is 0 Å². The van der Waals surface area contributed by atoms with Crippen LogP contribution in [-0.4, -0.2) is 34.1 Å². The first kappa shape index (κ1) is 15.9. The number of likely N-dealkylation sites (N-methyl/N-ethyl adjacent to an activating group) is 1. The van der Waals surface area contributed by atoms with Gasteiger partial charge in [-0.05, 0) is 32.9 Å². The molecule has 0 fully saturated rings. The molecular weight excluding hydrogens is 270 g/mol. The smallest absolute Gasteiger partial charge is 0.329 e. The van der Waals surface area contributed by atoms with Crippen molar-refractivity contribution in [3.8, 4) is 0 Å². The number of benzene rings is 1. The van der Waals surface area contributed by atoms with Crippen LogP contribution in [0.5, 0.6) is 0 Å². The minimum absolute atomic E-state index is 0.0706. The van der Waals surface area contributed by atoms with E-state index in [0.717, 1.165) is 17.0 Å². The molecule has 0 aliphatic rings. The van der Waals surface area contributed by atoms with Crippen LogP contribution < -0.4 is 5.32 Å². The summed E-state index contributed by atoms with van der Waals surface area (Å²) in [5.74, 6) is -3.08. The Kier molecular flexibility index (Phi) is 4.65. The molecule has 20 heavy (non-hydrogen) atoms. The molecule has 0 aliphatic carbocycles. The normalized spacial score (nSPS) is 11.1. The number of aliphatic carboxylic acids is 1. The maximum absolute atomic E-state index is 13.4. The number of hydrogen-bond acceptors (Lipinski definition) is 2. The van der Waals surface area contributed by atoms with Crippen molar-refractivity contribution in [3.05, 3.63) is 29.8 Å². The molecule has 0 radical (unpaired) electrons. The Hall–Kier alpha value is -2.18. The molecule has 2 amide bonds. The van der Waals surface area contributed by atoms with Crippen molar-refractivity contribution in [2.75, 3.05) is 11.9 Å². The molecule has 1 aromatic rings. The summed E-state index contributed by atoms with van der Waals surface area (Å²) < 4.78 is 26.9. The zero-order valence-corrected chi connectivity index (χ0v) is 11.4. The van der Waals surface area contributed by atoms with E-state index in [1.54, 1.807) is 6.92 Å². The molecule has 2 N–H and O–H groups in total. The van der Waals surface area contributed by atoms with Crippen molar-refractivity contribution < 1.29 is 23.5 Å². The number of carbonyl (C=O) groups is 2. The number of rotatable bonds is 4. The van der Waals surface area contributed by atoms with Crippen LogP contribution in [0, 0.1) is 11.6 Å². The van der Waals surface area contributed by atoms with Crippen LogP contribution in [-0.2, 0) is 4.79 Å². The number of nitrogens with one attached hydrogen (secondary N) is 1. The van der Waals surface area contributed by atoms with Crippen molar-refractivity contribution in [1.82, 2.24) is 4.90 Å². The van der Waals surface area contributed by atoms with Crippen LogP contribution in [0.15, 0.2) is 18.2 Å². The highest BCUT2D eigenvalue weighted by Gasteiger charge is 2.37. The zero-order chi connectivity index (χ0) is 15.5. The Morgan fingerprint density at radius 3 is 2.20 bits per heavy atom. The van der Waals surface area contributed by atoms with E-state index in [0.29, 0.717) is 0 Å². The zero-order valence-electron chi connectivity index (χ0n) is 11.4. The van der Waals surface area contributed by atoms with Crippen LogP contribution in [0.25, 0.3) is 0 Å². The Morgan fingerprint density at radius 2 is 1.80 bits per heavy atom. The van der Waals surface area contributed by atoms with Crippen molar-refractivity contribution in [1.29, 1.82) is 0 Å². The van der Waals surface area contributed by atoms with E-state index >= 15 is 0 Å². The summed E-state index contributed by atoms with van der Waals surface area (Å²) in [7, 11) is 0. The van der Waals surface area contributed by atoms with Gasteiger partial charge < -0.3 is 15.3 Å². The first-order valence-electron chi connectivity index (χ1n) is 5.97. The van der Waals surface area contributed by atoms with Crippen molar-refractivity contribution >= 4 is 17.7 Å².